The number of nitrogens with one attached hydrogen (secondary N) is 1. The van der Waals surface area contributed by atoms with Gasteiger partial charge in [-0.15, -0.1) is 0 Å². The Bertz CT molecular complexity index is 645. The highest BCUT2D eigenvalue weighted by atomic mass is 16.2. The molecular formula is C17H21N3O. The van der Waals surface area contributed by atoms with Gasteiger partial charge in [0.25, 0.3) is 5.91 Å². The maximum absolute atomic E-state index is 12.3. The largest absolute Gasteiger partial charge is 0.347 e. The molecule has 0 radical (unpaired) electrons. The Morgan fingerprint density at radius 3 is 2.67 bits per heavy atom. The van der Waals surface area contributed by atoms with Gasteiger partial charge in [0, 0.05) is 24.7 Å². The van der Waals surface area contributed by atoms with Gasteiger partial charge in [0.1, 0.15) is 5.69 Å². The Hall–Kier alpha value is -2.10. The zero-order valence-electron chi connectivity index (χ0n) is 12.7. The highest BCUT2D eigenvalue weighted by molar-refractivity contribution is 5.93. The van der Waals surface area contributed by atoms with E-state index in [-0.39, 0.29) is 11.9 Å². The molecule has 110 valence electrons. The summed E-state index contributed by atoms with van der Waals surface area (Å²) in [6.07, 6.45) is 1.01. The van der Waals surface area contributed by atoms with Gasteiger partial charge in [-0.1, -0.05) is 44.2 Å². The highest BCUT2D eigenvalue weighted by Gasteiger charge is 2.39. The first-order valence-corrected chi connectivity index (χ1v) is 7.46. The molecule has 1 aromatic carbocycles. The van der Waals surface area contributed by atoms with Crippen LogP contribution < -0.4 is 5.32 Å². The fourth-order valence-electron chi connectivity index (χ4n) is 2.80. The standard InChI is InChI=1S/C17H21N3O/c1-11(2)16-10-15(19-20(16)3)17(21)18-14-9-13(14)12-7-5-4-6-8-12/h4-8,10-11,13-14H,9H2,1-3H3,(H,18,21)/t13-,14+/m0/s1. The number of benzene rings is 1. The number of aromatic nitrogens is 2. The van der Waals surface area contributed by atoms with Crippen LogP contribution in [-0.4, -0.2) is 21.7 Å². The third kappa shape index (κ3) is 2.84. The van der Waals surface area contributed by atoms with Crippen LogP contribution in [0, 0.1) is 0 Å². The summed E-state index contributed by atoms with van der Waals surface area (Å²) < 4.78 is 1.79. The molecule has 1 heterocycles. The molecule has 0 aliphatic heterocycles. The first-order chi connectivity index (χ1) is 10.1. The maximum atomic E-state index is 12.3. The van der Waals surface area contributed by atoms with E-state index < -0.39 is 0 Å². The minimum absolute atomic E-state index is 0.0686. The third-order valence-electron chi connectivity index (χ3n) is 4.07. The van der Waals surface area contributed by atoms with Gasteiger partial charge in [-0.05, 0) is 24.0 Å². The van der Waals surface area contributed by atoms with Gasteiger partial charge in [-0.2, -0.15) is 5.10 Å². The van der Waals surface area contributed by atoms with Crippen LogP contribution in [0.5, 0.6) is 0 Å². The maximum Gasteiger partial charge on any atom is 0.272 e. The third-order valence-corrected chi connectivity index (χ3v) is 4.07. The number of amides is 1. The lowest BCUT2D eigenvalue weighted by Gasteiger charge is -2.02. The lowest BCUT2D eigenvalue weighted by molar-refractivity contribution is 0.0944. The molecular weight excluding hydrogens is 262 g/mol. The van der Waals surface area contributed by atoms with Crippen molar-refractivity contribution >= 4 is 5.91 Å². The molecule has 21 heavy (non-hydrogen) atoms. The summed E-state index contributed by atoms with van der Waals surface area (Å²) in [5, 5.41) is 7.40. The summed E-state index contributed by atoms with van der Waals surface area (Å²) in [7, 11) is 1.88. The molecule has 1 saturated carbocycles. The second kappa shape index (κ2) is 5.35. The Balaban J connectivity index is 1.64. The topological polar surface area (TPSA) is 46.9 Å². The van der Waals surface area contributed by atoms with E-state index in [4.69, 9.17) is 0 Å². The molecule has 0 unspecified atom stereocenters. The smallest absolute Gasteiger partial charge is 0.272 e. The summed E-state index contributed by atoms with van der Waals surface area (Å²) in [6.45, 7) is 4.20. The SMILES string of the molecule is CC(C)c1cc(C(=O)N[C@@H]2C[C@H]2c2ccccc2)nn1C. The molecule has 3 rings (SSSR count). The summed E-state index contributed by atoms with van der Waals surface area (Å²) >= 11 is 0. The number of carbonyl (C=O) groups is 1. The number of hydrogen-bond acceptors (Lipinski definition) is 2. The van der Waals surface area contributed by atoms with Crippen LogP contribution in [0.1, 0.15) is 53.8 Å². The average molecular weight is 283 g/mol. The summed E-state index contributed by atoms with van der Waals surface area (Å²) in [6, 6.07) is 12.5. The van der Waals surface area contributed by atoms with Gasteiger partial charge in [0.15, 0.2) is 0 Å². The molecule has 0 bridgehead atoms. The molecule has 2 atom stereocenters. The van der Waals surface area contributed by atoms with Gasteiger partial charge < -0.3 is 5.32 Å². The van der Waals surface area contributed by atoms with Crippen LogP contribution in [0.4, 0.5) is 0 Å². The van der Waals surface area contributed by atoms with Crippen LogP contribution in [0.15, 0.2) is 36.4 Å². The zero-order valence-corrected chi connectivity index (χ0v) is 12.7. The van der Waals surface area contributed by atoms with Crippen LogP contribution in [0.25, 0.3) is 0 Å². The molecule has 1 aromatic heterocycles. The summed E-state index contributed by atoms with van der Waals surface area (Å²) in [4.78, 5) is 12.3. The Morgan fingerprint density at radius 2 is 2.05 bits per heavy atom. The Morgan fingerprint density at radius 1 is 1.33 bits per heavy atom. The fraction of sp³-hybridized carbons (Fsp3) is 0.412. The van der Waals surface area contributed by atoms with E-state index in [1.54, 1.807) is 4.68 Å². The van der Waals surface area contributed by atoms with Gasteiger partial charge in [0.05, 0.1) is 0 Å². The van der Waals surface area contributed by atoms with Crippen LogP contribution in [0.3, 0.4) is 0 Å². The quantitative estimate of drug-likeness (QED) is 0.938. The first-order valence-electron chi connectivity index (χ1n) is 7.46. The van der Waals surface area contributed by atoms with Crippen molar-refractivity contribution in [2.45, 2.75) is 38.1 Å². The minimum atomic E-state index is -0.0686. The van der Waals surface area contributed by atoms with Crippen molar-refractivity contribution in [2.75, 3.05) is 0 Å². The van der Waals surface area contributed by atoms with E-state index >= 15 is 0 Å². The molecule has 4 heteroatoms. The molecule has 2 aromatic rings. The Labute approximate surface area is 125 Å². The van der Waals surface area contributed by atoms with Gasteiger partial charge >= 0.3 is 0 Å². The number of hydrogen-bond donors (Lipinski definition) is 1. The molecule has 0 saturated heterocycles. The monoisotopic (exact) mass is 283 g/mol. The van der Waals surface area contributed by atoms with Crippen molar-refractivity contribution in [3.63, 3.8) is 0 Å². The average Bonchev–Trinajstić information content (AvgIpc) is 3.11. The fourth-order valence-corrected chi connectivity index (χ4v) is 2.80. The lowest BCUT2D eigenvalue weighted by Crippen LogP contribution is -2.27. The van der Waals surface area contributed by atoms with E-state index in [0.717, 1.165) is 12.1 Å². The second-order valence-corrected chi connectivity index (χ2v) is 6.07. The predicted octanol–water partition coefficient (Wildman–Crippen LogP) is 2.83. The van der Waals surface area contributed by atoms with Crippen molar-refractivity contribution in [1.29, 1.82) is 0 Å². The summed E-state index contributed by atoms with van der Waals surface area (Å²) in [5.74, 6) is 0.742. The second-order valence-electron chi connectivity index (χ2n) is 6.07. The molecule has 1 aliphatic rings. The van der Waals surface area contributed by atoms with Gasteiger partial charge in [-0.3, -0.25) is 9.48 Å². The van der Waals surface area contributed by atoms with Crippen molar-refractivity contribution < 1.29 is 4.79 Å². The normalized spacial score (nSPS) is 20.6. The van der Waals surface area contributed by atoms with E-state index in [0.29, 0.717) is 17.5 Å². The molecule has 0 spiro atoms. The van der Waals surface area contributed by atoms with Crippen LogP contribution >= 0.6 is 0 Å². The summed E-state index contributed by atoms with van der Waals surface area (Å²) in [5.41, 5.74) is 2.89. The predicted molar refractivity (Wildman–Crippen MR) is 82.4 cm³/mol. The molecule has 1 aliphatic carbocycles. The Kier molecular flexibility index (Phi) is 3.53. The van der Waals surface area contributed by atoms with Crippen LogP contribution in [-0.2, 0) is 7.05 Å². The van der Waals surface area contributed by atoms with E-state index in [2.05, 4.69) is 36.4 Å². The van der Waals surface area contributed by atoms with Crippen LogP contribution in [0.2, 0.25) is 0 Å². The molecule has 1 fully saturated rings. The number of rotatable bonds is 4. The molecule has 4 nitrogen and oxygen atoms in total. The van der Waals surface area contributed by atoms with Crippen molar-refractivity contribution in [1.82, 2.24) is 15.1 Å². The van der Waals surface area contributed by atoms with E-state index in [1.807, 2.05) is 31.3 Å². The molecule has 1 N–H and O–H groups in total. The van der Waals surface area contributed by atoms with Gasteiger partial charge in [-0.25, -0.2) is 0 Å². The highest BCUT2D eigenvalue weighted by Crippen LogP contribution is 2.40. The van der Waals surface area contributed by atoms with Gasteiger partial charge in [0.2, 0.25) is 0 Å². The van der Waals surface area contributed by atoms with Crippen molar-refractivity contribution in [3.8, 4) is 0 Å². The van der Waals surface area contributed by atoms with Crippen molar-refractivity contribution in [2.24, 2.45) is 7.05 Å². The number of carbonyl (C=O) groups excluding carboxylic acids is 1. The minimum Gasteiger partial charge on any atom is -0.347 e. The van der Waals surface area contributed by atoms with E-state index in [9.17, 15) is 4.79 Å². The number of nitrogens with zero attached hydrogens (tertiary/aromatic N) is 2. The zero-order chi connectivity index (χ0) is 15.0. The lowest BCUT2D eigenvalue weighted by atomic mass is 10.1. The number of aryl methyl sites for hydroxylation is 1. The molecule has 1 amide bonds. The first kappa shape index (κ1) is 13.9. The van der Waals surface area contributed by atoms with E-state index in [1.165, 1.54) is 5.56 Å². The van der Waals surface area contributed by atoms with Crippen molar-refractivity contribution in [3.05, 3.63) is 53.3 Å².